The van der Waals surface area contributed by atoms with Crippen molar-refractivity contribution in [2.75, 3.05) is 0 Å². The Balaban J connectivity index is 1.81. The van der Waals surface area contributed by atoms with Crippen LogP contribution < -0.4 is 0 Å². The van der Waals surface area contributed by atoms with Crippen molar-refractivity contribution in [3.8, 4) is 0 Å². The number of aryl methyl sites for hydroxylation is 1. The van der Waals surface area contributed by atoms with Crippen LogP contribution >= 0.6 is 23.3 Å². The lowest BCUT2D eigenvalue weighted by atomic mass is 10.1. The molecule has 1 heterocycles. The lowest BCUT2D eigenvalue weighted by Crippen LogP contribution is -1.82. The smallest absolute Gasteiger partial charge is 0.0118 e. The molecule has 0 aliphatic carbocycles. The molecular formula is C12H23P3. The topological polar surface area (TPSA) is 0 Å². The van der Waals surface area contributed by atoms with E-state index in [9.17, 15) is 0 Å². The van der Waals surface area contributed by atoms with E-state index in [0.717, 1.165) is 7.87 Å². The van der Waals surface area contributed by atoms with Crippen LogP contribution in [0, 0.1) is 0 Å². The van der Waals surface area contributed by atoms with Gasteiger partial charge in [0.1, 0.15) is 0 Å². The molecule has 0 saturated heterocycles. The van der Waals surface area contributed by atoms with E-state index >= 15 is 0 Å². The summed E-state index contributed by atoms with van der Waals surface area (Å²) in [6.07, 6.45) is 12.9. The van der Waals surface area contributed by atoms with Gasteiger partial charge in [-0.3, -0.25) is 0 Å². The van der Waals surface area contributed by atoms with Gasteiger partial charge in [0.2, 0.25) is 0 Å². The minimum Gasteiger partial charge on any atom is -0.105 e. The van der Waals surface area contributed by atoms with Crippen LogP contribution in [0.25, 0.3) is 0 Å². The normalized spacial score (nSPS) is 12.3. The van der Waals surface area contributed by atoms with E-state index in [2.05, 4.69) is 12.7 Å². The molecule has 0 fully saturated rings. The van der Waals surface area contributed by atoms with Gasteiger partial charge in [0.05, 0.1) is 0 Å². The molecule has 0 radical (unpaired) electrons. The summed E-state index contributed by atoms with van der Waals surface area (Å²) in [5.41, 5.74) is 0. The van der Waals surface area contributed by atoms with Crippen LogP contribution in [0.15, 0.2) is 5.80 Å². The van der Waals surface area contributed by atoms with Gasteiger partial charge in [-0.05, 0) is 39.4 Å². The number of hydrogen-bond acceptors (Lipinski definition) is 0. The Morgan fingerprint density at radius 2 is 1.67 bits per heavy atom. The zero-order chi connectivity index (χ0) is 10.8. The van der Waals surface area contributed by atoms with Crippen molar-refractivity contribution in [3.05, 3.63) is 11.1 Å². The predicted octanol–water partition coefficient (Wildman–Crippen LogP) is 6.56. The first kappa shape index (κ1) is 13.7. The highest BCUT2D eigenvalue weighted by molar-refractivity contribution is 8.17. The van der Waals surface area contributed by atoms with E-state index in [-0.39, 0.29) is 0 Å². The molecule has 0 spiro atoms. The van der Waals surface area contributed by atoms with Crippen molar-refractivity contribution in [3.63, 3.8) is 0 Å². The molecule has 0 saturated carbocycles. The molecule has 1 atom stereocenters. The average Bonchev–Trinajstić information content (AvgIpc) is 2.75. The highest BCUT2D eigenvalue weighted by Gasteiger charge is 1.94. The van der Waals surface area contributed by atoms with Gasteiger partial charge in [0, 0.05) is 0 Å². The molecule has 0 bridgehead atoms. The zero-order valence-corrected chi connectivity index (χ0v) is 12.6. The Morgan fingerprint density at radius 3 is 2.27 bits per heavy atom. The highest BCUT2D eigenvalue weighted by Crippen LogP contribution is 2.37. The Morgan fingerprint density at radius 1 is 1.00 bits per heavy atom. The van der Waals surface area contributed by atoms with E-state index < -0.39 is 0 Å². The Kier molecular flexibility index (Phi) is 8.99. The fraction of sp³-hybridized carbons (Fsp3) is 0.833. The molecular weight excluding hydrogens is 237 g/mol. The van der Waals surface area contributed by atoms with Crippen LogP contribution in [0.5, 0.6) is 0 Å². The van der Waals surface area contributed by atoms with E-state index in [0.29, 0.717) is 0 Å². The van der Waals surface area contributed by atoms with Crippen LogP contribution in [0.2, 0.25) is 0 Å². The second kappa shape index (κ2) is 9.84. The summed E-state index contributed by atoms with van der Waals surface area (Å²) in [5.74, 6) is 2.48. The molecule has 0 aliphatic rings. The molecule has 1 rings (SSSR count). The van der Waals surface area contributed by atoms with E-state index in [4.69, 9.17) is 0 Å². The third kappa shape index (κ3) is 7.52. The Bertz CT molecular complexity index is 219. The molecule has 0 aliphatic heterocycles. The molecule has 15 heavy (non-hydrogen) atoms. The summed E-state index contributed by atoms with van der Waals surface area (Å²) >= 11 is 0. The SMILES string of the molecule is CCCCCCCCCCc1c[pH]pp1. The van der Waals surface area contributed by atoms with Crippen LogP contribution in [-0.2, 0) is 6.42 Å². The fourth-order valence-corrected chi connectivity index (χ4v) is 7.53. The van der Waals surface area contributed by atoms with Crippen molar-refractivity contribution >= 4 is 23.3 Å². The van der Waals surface area contributed by atoms with Gasteiger partial charge >= 0.3 is 0 Å². The number of unbranched alkanes of at least 4 members (excludes halogenated alkanes) is 7. The minimum atomic E-state index is 1.10. The van der Waals surface area contributed by atoms with Crippen molar-refractivity contribution in [1.82, 2.24) is 0 Å². The maximum atomic E-state index is 2.48. The summed E-state index contributed by atoms with van der Waals surface area (Å²) in [6.45, 7) is 2.29. The van der Waals surface area contributed by atoms with Gasteiger partial charge in [-0.1, -0.05) is 51.9 Å². The summed E-state index contributed by atoms with van der Waals surface area (Å²) in [7, 11) is 4.35. The molecule has 1 unspecified atom stereocenters. The van der Waals surface area contributed by atoms with Crippen LogP contribution in [0.1, 0.15) is 63.6 Å². The van der Waals surface area contributed by atoms with Crippen molar-refractivity contribution < 1.29 is 0 Å². The Labute approximate surface area is 99.3 Å². The minimum absolute atomic E-state index is 1.10. The standard InChI is InChI=1S/C12H23P3/c1-2-3-4-5-6-7-8-9-10-12-11-13-15-14-12/h11,13H,2-10H2,1H3. The van der Waals surface area contributed by atoms with E-state index in [1.54, 1.807) is 20.7 Å². The molecule has 0 N–H and O–H groups in total. The van der Waals surface area contributed by atoms with Gasteiger partial charge in [0.15, 0.2) is 0 Å². The molecule has 0 nitrogen and oxygen atoms in total. The van der Waals surface area contributed by atoms with Crippen LogP contribution in [-0.4, -0.2) is 0 Å². The largest absolute Gasteiger partial charge is 0.105 e. The lowest BCUT2D eigenvalue weighted by molar-refractivity contribution is 0.576. The van der Waals surface area contributed by atoms with Crippen molar-refractivity contribution in [1.29, 1.82) is 0 Å². The van der Waals surface area contributed by atoms with E-state index in [1.807, 2.05) is 0 Å². The van der Waals surface area contributed by atoms with E-state index in [1.165, 1.54) is 57.8 Å². The van der Waals surface area contributed by atoms with Crippen LogP contribution in [0.3, 0.4) is 0 Å². The third-order valence-electron chi connectivity index (χ3n) is 2.75. The third-order valence-corrected chi connectivity index (χ3v) is 8.04. The molecule has 1 aromatic rings. The molecule has 86 valence electrons. The first-order valence-corrected chi connectivity index (χ1v) is 10.7. The molecule has 0 aromatic carbocycles. The average molecular weight is 260 g/mol. The maximum absolute atomic E-state index is 2.48. The Hall–Kier alpha value is 0.640. The summed E-state index contributed by atoms with van der Waals surface area (Å²) in [5, 5.41) is 1.72. The monoisotopic (exact) mass is 260 g/mol. The first-order chi connectivity index (χ1) is 7.43. The summed E-state index contributed by atoms with van der Waals surface area (Å²) in [6, 6.07) is 0. The molecule has 1 aromatic heterocycles. The quantitative estimate of drug-likeness (QED) is 0.441. The fourth-order valence-electron chi connectivity index (χ4n) is 1.79. The van der Waals surface area contributed by atoms with Gasteiger partial charge in [-0.15, -0.1) is 7.87 Å². The second-order valence-electron chi connectivity index (χ2n) is 4.19. The highest BCUT2D eigenvalue weighted by atomic mass is 32.1. The van der Waals surface area contributed by atoms with Gasteiger partial charge < -0.3 is 0 Å². The predicted molar refractivity (Wildman–Crippen MR) is 77.3 cm³/mol. The maximum Gasteiger partial charge on any atom is -0.0118 e. The second-order valence-corrected chi connectivity index (χ2v) is 9.49. The van der Waals surface area contributed by atoms with Crippen molar-refractivity contribution in [2.24, 2.45) is 0 Å². The van der Waals surface area contributed by atoms with Gasteiger partial charge in [-0.25, -0.2) is 0 Å². The zero-order valence-electron chi connectivity index (χ0n) is 9.84. The summed E-state index contributed by atoms with van der Waals surface area (Å²) in [4.78, 5) is 0. The van der Waals surface area contributed by atoms with Gasteiger partial charge in [-0.2, -0.15) is 0 Å². The molecule has 0 amide bonds. The summed E-state index contributed by atoms with van der Waals surface area (Å²) < 4.78 is 0. The lowest BCUT2D eigenvalue weighted by Gasteiger charge is -2.00. The number of rotatable bonds is 9. The van der Waals surface area contributed by atoms with Crippen LogP contribution in [0.4, 0.5) is 0 Å². The molecule has 3 heteroatoms. The first-order valence-electron chi connectivity index (χ1n) is 6.29. The van der Waals surface area contributed by atoms with Crippen molar-refractivity contribution in [2.45, 2.75) is 64.7 Å². The van der Waals surface area contributed by atoms with Gasteiger partial charge in [0.25, 0.3) is 0 Å². The number of hydrogen-bond donors (Lipinski definition) is 0.